The van der Waals surface area contributed by atoms with Gasteiger partial charge in [0, 0.05) is 31.4 Å². The predicted molar refractivity (Wildman–Crippen MR) is 99.6 cm³/mol. The first-order valence-corrected chi connectivity index (χ1v) is 9.07. The summed E-state index contributed by atoms with van der Waals surface area (Å²) in [6.07, 6.45) is 4.36. The van der Waals surface area contributed by atoms with Crippen LogP contribution in [-0.2, 0) is 11.2 Å². The van der Waals surface area contributed by atoms with Gasteiger partial charge in [-0.3, -0.25) is 4.98 Å². The summed E-state index contributed by atoms with van der Waals surface area (Å²) < 4.78 is 5.14. The number of ether oxygens (including phenoxy) is 1. The fourth-order valence-electron chi connectivity index (χ4n) is 2.49. The Bertz CT molecular complexity index is 885. The zero-order valence-electron chi connectivity index (χ0n) is 13.9. The van der Waals surface area contributed by atoms with Crippen LogP contribution in [0.4, 0.5) is 5.82 Å². The van der Waals surface area contributed by atoms with Gasteiger partial charge in [-0.1, -0.05) is 0 Å². The van der Waals surface area contributed by atoms with E-state index in [-0.39, 0.29) is 11.3 Å². The molecule has 130 valence electrons. The highest BCUT2D eigenvalue weighted by Crippen LogP contribution is 2.33. The van der Waals surface area contributed by atoms with Crippen molar-refractivity contribution in [3.05, 3.63) is 46.3 Å². The fraction of sp³-hybridized carbons (Fsp3) is 0.294. The van der Waals surface area contributed by atoms with E-state index in [1.54, 1.807) is 24.7 Å². The Hall–Kier alpha value is -2.25. The highest BCUT2D eigenvalue weighted by molar-refractivity contribution is 7.17. The molecule has 0 radical (unpaired) electrons. The van der Waals surface area contributed by atoms with Crippen LogP contribution in [-0.4, -0.2) is 41.1 Å². The Balaban J connectivity index is 1.93. The third-order valence-electron chi connectivity index (χ3n) is 3.73. The minimum absolute atomic E-state index is 0.163. The maximum absolute atomic E-state index is 12.2. The average Bonchev–Trinajstić information content (AvgIpc) is 3.04. The van der Waals surface area contributed by atoms with Gasteiger partial charge >= 0.3 is 5.97 Å². The first-order valence-electron chi connectivity index (χ1n) is 7.82. The van der Waals surface area contributed by atoms with E-state index in [0.29, 0.717) is 34.7 Å². The Morgan fingerprint density at radius 1 is 1.32 bits per heavy atom. The van der Waals surface area contributed by atoms with Crippen LogP contribution in [0.5, 0.6) is 0 Å². The van der Waals surface area contributed by atoms with E-state index in [0.717, 1.165) is 6.42 Å². The largest absolute Gasteiger partial charge is 0.462 e. The molecule has 0 saturated carbocycles. The van der Waals surface area contributed by atoms with Crippen LogP contribution >= 0.6 is 22.9 Å². The fourth-order valence-corrected chi connectivity index (χ4v) is 3.60. The molecular formula is C17H17ClN4O2S. The summed E-state index contributed by atoms with van der Waals surface area (Å²) in [4.78, 5) is 27.5. The molecule has 3 rings (SSSR count). The third kappa shape index (κ3) is 3.88. The van der Waals surface area contributed by atoms with Gasteiger partial charge < -0.3 is 9.64 Å². The summed E-state index contributed by atoms with van der Waals surface area (Å²) in [5, 5.41) is 2.59. The first kappa shape index (κ1) is 17.6. The number of esters is 1. The highest BCUT2D eigenvalue weighted by atomic mass is 35.5. The Kier molecular flexibility index (Phi) is 5.45. The van der Waals surface area contributed by atoms with E-state index in [1.165, 1.54) is 16.9 Å². The second kappa shape index (κ2) is 7.76. The van der Waals surface area contributed by atoms with Crippen molar-refractivity contribution in [3.63, 3.8) is 0 Å². The van der Waals surface area contributed by atoms with Crippen LogP contribution in [0.2, 0.25) is 5.28 Å². The van der Waals surface area contributed by atoms with Crippen molar-refractivity contribution < 1.29 is 9.53 Å². The van der Waals surface area contributed by atoms with Crippen molar-refractivity contribution in [3.8, 4) is 0 Å². The van der Waals surface area contributed by atoms with Crippen LogP contribution in [0.15, 0.2) is 29.9 Å². The van der Waals surface area contributed by atoms with Crippen molar-refractivity contribution in [1.29, 1.82) is 0 Å². The number of thiophene rings is 1. The molecule has 0 aliphatic carbocycles. The number of carbonyl (C=O) groups is 1. The van der Waals surface area contributed by atoms with Gasteiger partial charge in [-0.05, 0) is 42.6 Å². The summed E-state index contributed by atoms with van der Waals surface area (Å²) in [6.45, 7) is 2.81. The number of nitrogens with zero attached hydrogens (tertiary/aromatic N) is 4. The van der Waals surface area contributed by atoms with Gasteiger partial charge in [0.15, 0.2) is 0 Å². The molecular weight excluding hydrogens is 360 g/mol. The summed E-state index contributed by atoms with van der Waals surface area (Å²) in [5.41, 5.74) is 1.65. The van der Waals surface area contributed by atoms with Crippen molar-refractivity contribution in [2.45, 2.75) is 13.3 Å². The molecule has 25 heavy (non-hydrogen) atoms. The van der Waals surface area contributed by atoms with Crippen LogP contribution in [0.1, 0.15) is 22.8 Å². The zero-order valence-corrected chi connectivity index (χ0v) is 15.5. The number of pyridine rings is 1. The molecule has 0 atom stereocenters. The first-order chi connectivity index (χ1) is 12.1. The minimum Gasteiger partial charge on any atom is -0.462 e. The minimum atomic E-state index is -0.372. The molecule has 0 fully saturated rings. The van der Waals surface area contributed by atoms with Crippen molar-refractivity contribution in [1.82, 2.24) is 15.0 Å². The van der Waals surface area contributed by atoms with Gasteiger partial charge in [0.05, 0.1) is 17.6 Å². The summed E-state index contributed by atoms with van der Waals surface area (Å²) in [5.74, 6) is 0.261. The number of carbonyl (C=O) groups excluding carboxylic acids is 1. The topological polar surface area (TPSA) is 68.2 Å². The molecule has 0 bridgehead atoms. The predicted octanol–water partition coefficient (Wildman–Crippen LogP) is 3.60. The quantitative estimate of drug-likeness (QED) is 0.483. The second-order valence-electron chi connectivity index (χ2n) is 5.39. The molecule has 0 unspecified atom stereocenters. The van der Waals surface area contributed by atoms with Crippen molar-refractivity contribution >= 4 is 44.9 Å². The molecule has 3 heterocycles. The lowest BCUT2D eigenvalue weighted by Gasteiger charge is -2.19. The molecule has 3 aromatic rings. The van der Waals surface area contributed by atoms with Crippen LogP contribution in [0.3, 0.4) is 0 Å². The van der Waals surface area contributed by atoms with E-state index in [9.17, 15) is 4.79 Å². The monoisotopic (exact) mass is 376 g/mol. The maximum atomic E-state index is 12.2. The number of likely N-dealkylation sites (N-methyl/N-ethyl adjacent to an activating group) is 1. The van der Waals surface area contributed by atoms with E-state index in [2.05, 4.69) is 15.0 Å². The van der Waals surface area contributed by atoms with Gasteiger partial charge in [0.2, 0.25) is 5.28 Å². The van der Waals surface area contributed by atoms with E-state index in [1.807, 2.05) is 24.1 Å². The number of halogens is 1. The van der Waals surface area contributed by atoms with Crippen molar-refractivity contribution in [2.24, 2.45) is 0 Å². The molecule has 3 aromatic heterocycles. The number of hydrogen-bond acceptors (Lipinski definition) is 7. The Morgan fingerprint density at radius 3 is 2.80 bits per heavy atom. The molecule has 8 heteroatoms. The molecule has 6 nitrogen and oxygen atoms in total. The van der Waals surface area contributed by atoms with Gasteiger partial charge in [-0.15, -0.1) is 11.3 Å². The molecule has 0 spiro atoms. The summed E-state index contributed by atoms with van der Waals surface area (Å²) >= 11 is 7.43. The lowest BCUT2D eigenvalue weighted by Crippen LogP contribution is -2.22. The molecule has 0 aliphatic rings. The smallest absolute Gasteiger partial charge is 0.339 e. The molecule has 0 amide bonds. The Morgan fingerprint density at radius 2 is 2.08 bits per heavy atom. The van der Waals surface area contributed by atoms with Crippen LogP contribution in [0, 0.1) is 0 Å². The van der Waals surface area contributed by atoms with Gasteiger partial charge in [-0.25, -0.2) is 9.78 Å². The Labute approximate surface area is 154 Å². The van der Waals surface area contributed by atoms with Crippen molar-refractivity contribution in [2.75, 3.05) is 25.1 Å². The molecule has 0 saturated heterocycles. The number of aromatic nitrogens is 3. The third-order valence-corrected chi connectivity index (χ3v) is 4.77. The van der Waals surface area contributed by atoms with Gasteiger partial charge in [0.1, 0.15) is 10.6 Å². The molecule has 0 N–H and O–H groups in total. The SMILES string of the molecule is CCOC(=O)c1csc2nc(Cl)nc(N(C)CCc3ccncc3)c12. The number of rotatable bonds is 6. The lowest BCUT2D eigenvalue weighted by atomic mass is 10.2. The van der Waals surface area contributed by atoms with Crippen LogP contribution in [0.25, 0.3) is 10.2 Å². The normalized spacial score (nSPS) is 10.8. The standard InChI is InChI=1S/C17H17ClN4O2S/c1-3-24-16(23)12-10-25-15-13(12)14(20-17(18)21-15)22(2)9-6-11-4-7-19-8-5-11/h4-5,7-8,10H,3,6,9H2,1-2H3. The highest BCUT2D eigenvalue weighted by Gasteiger charge is 2.21. The van der Waals surface area contributed by atoms with Gasteiger partial charge in [0.25, 0.3) is 0 Å². The van der Waals surface area contributed by atoms with E-state index < -0.39 is 0 Å². The van der Waals surface area contributed by atoms with E-state index in [4.69, 9.17) is 16.3 Å². The summed E-state index contributed by atoms with van der Waals surface area (Å²) in [7, 11) is 1.92. The average molecular weight is 377 g/mol. The number of anilines is 1. The second-order valence-corrected chi connectivity index (χ2v) is 6.59. The number of fused-ring (bicyclic) bond motifs is 1. The summed E-state index contributed by atoms with van der Waals surface area (Å²) in [6, 6.07) is 3.95. The van der Waals surface area contributed by atoms with E-state index >= 15 is 0 Å². The number of hydrogen-bond donors (Lipinski definition) is 0. The lowest BCUT2D eigenvalue weighted by molar-refractivity contribution is 0.0529. The van der Waals surface area contributed by atoms with Gasteiger partial charge in [-0.2, -0.15) is 4.98 Å². The molecule has 0 aromatic carbocycles. The zero-order chi connectivity index (χ0) is 17.8. The molecule has 0 aliphatic heterocycles. The van der Waals surface area contributed by atoms with Crippen LogP contribution < -0.4 is 4.90 Å². The maximum Gasteiger partial charge on any atom is 0.339 e.